The van der Waals surface area contributed by atoms with Crippen molar-refractivity contribution in [2.75, 3.05) is 0 Å². The second-order valence-electron chi connectivity index (χ2n) is 3.96. The van der Waals surface area contributed by atoms with Gasteiger partial charge in [-0.3, -0.25) is 4.79 Å². The molecule has 0 aromatic heterocycles. The number of alkyl halides is 1. The Bertz CT molecular complexity index is 313. The van der Waals surface area contributed by atoms with Gasteiger partial charge in [-0.2, -0.15) is 0 Å². The summed E-state index contributed by atoms with van der Waals surface area (Å²) in [5.74, 6) is 0. The summed E-state index contributed by atoms with van der Waals surface area (Å²) in [6.07, 6.45) is 1.44. The lowest BCUT2D eigenvalue weighted by Gasteiger charge is -2.31. The summed E-state index contributed by atoms with van der Waals surface area (Å²) in [7, 11) is 0. The minimum atomic E-state index is -0.398. The van der Waals surface area contributed by atoms with Crippen LogP contribution in [0.3, 0.4) is 0 Å². The van der Waals surface area contributed by atoms with Crippen LogP contribution >= 0.6 is 11.6 Å². The fraction of sp³-hybridized carbons (Fsp3) is 0.417. The van der Waals surface area contributed by atoms with Gasteiger partial charge in [0.05, 0.1) is 10.9 Å². The van der Waals surface area contributed by atoms with Gasteiger partial charge in [0.2, 0.25) is 6.41 Å². The van der Waals surface area contributed by atoms with E-state index in [1.807, 2.05) is 44.2 Å². The van der Waals surface area contributed by atoms with Crippen molar-refractivity contribution >= 4 is 18.0 Å². The van der Waals surface area contributed by atoms with Crippen LogP contribution in [0, 0.1) is 0 Å². The van der Waals surface area contributed by atoms with Gasteiger partial charge in [0, 0.05) is 0 Å². The topological polar surface area (TPSA) is 29.1 Å². The molecule has 2 nitrogen and oxygen atoms in total. The zero-order valence-corrected chi connectivity index (χ0v) is 9.79. The number of benzene rings is 1. The Hall–Kier alpha value is -1.02. The van der Waals surface area contributed by atoms with E-state index in [4.69, 9.17) is 11.6 Å². The molecule has 0 heterocycles. The van der Waals surface area contributed by atoms with Crippen LogP contribution in [0.5, 0.6) is 0 Å². The number of amides is 1. The Balaban J connectivity index is 2.80. The van der Waals surface area contributed by atoms with Crippen molar-refractivity contribution in [2.24, 2.45) is 0 Å². The predicted molar refractivity (Wildman–Crippen MR) is 63.1 cm³/mol. The summed E-state index contributed by atoms with van der Waals surface area (Å²) in [6, 6.07) is 10.00. The normalized spacial score (nSPS) is 16.5. The van der Waals surface area contributed by atoms with Crippen LogP contribution in [0.25, 0.3) is 0 Å². The molecular weight excluding hydrogens is 210 g/mol. The summed E-state index contributed by atoms with van der Waals surface area (Å²) in [5, 5.41) is 2.67. The second kappa shape index (κ2) is 5.17. The molecule has 0 saturated carbocycles. The fourth-order valence-corrected chi connectivity index (χ4v) is 1.60. The third-order valence-electron chi connectivity index (χ3n) is 2.68. The summed E-state index contributed by atoms with van der Waals surface area (Å²) < 4.78 is 0. The number of halogens is 1. The molecule has 1 aromatic rings. The molecule has 1 amide bonds. The first kappa shape index (κ1) is 12.1. The molecule has 0 aliphatic carbocycles. The molecule has 2 atom stereocenters. The van der Waals surface area contributed by atoms with E-state index in [0.717, 1.165) is 6.42 Å². The molecule has 1 N–H and O–H groups in total. The Labute approximate surface area is 95.6 Å². The first-order valence-corrected chi connectivity index (χ1v) is 5.41. The average molecular weight is 226 g/mol. The number of carbonyl (C=O) groups excluding carboxylic acids is 1. The highest BCUT2D eigenvalue weighted by Gasteiger charge is 2.29. The molecule has 0 bridgehead atoms. The van der Waals surface area contributed by atoms with Crippen molar-refractivity contribution in [1.29, 1.82) is 0 Å². The molecule has 2 unspecified atom stereocenters. The van der Waals surface area contributed by atoms with Gasteiger partial charge in [0.1, 0.15) is 0 Å². The van der Waals surface area contributed by atoms with Gasteiger partial charge >= 0.3 is 0 Å². The monoisotopic (exact) mass is 225 g/mol. The molecule has 15 heavy (non-hydrogen) atoms. The van der Waals surface area contributed by atoms with Crippen molar-refractivity contribution in [1.82, 2.24) is 5.32 Å². The molecule has 0 saturated heterocycles. The Kier molecular flexibility index (Phi) is 4.15. The van der Waals surface area contributed by atoms with E-state index in [1.54, 1.807) is 0 Å². The maximum absolute atomic E-state index is 10.5. The molecule has 82 valence electrons. The summed E-state index contributed by atoms with van der Waals surface area (Å²) in [4.78, 5) is 10.5. The minimum Gasteiger partial charge on any atom is -0.352 e. The maximum Gasteiger partial charge on any atom is 0.207 e. The highest BCUT2D eigenvalue weighted by atomic mass is 35.5. The smallest absolute Gasteiger partial charge is 0.207 e. The molecule has 0 aliphatic heterocycles. The van der Waals surface area contributed by atoms with Crippen LogP contribution in [-0.4, -0.2) is 17.3 Å². The van der Waals surface area contributed by atoms with Gasteiger partial charge in [-0.1, -0.05) is 30.3 Å². The Morgan fingerprint density at radius 2 is 2.07 bits per heavy atom. The SMILES string of the molecule is CC(Cl)C(C)(Cc1ccccc1)NC=O. The van der Waals surface area contributed by atoms with E-state index in [1.165, 1.54) is 5.56 Å². The standard InChI is InChI=1S/C12H16ClNO/c1-10(13)12(2,14-9-15)8-11-6-4-3-5-7-11/h3-7,9-10H,8H2,1-2H3,(H,14,15). The number of rotatable bonds is 5. The van der Waals surface area contributed by atoms with Gasteiger partial charge in [0.15, 0.2) is 0 Å². The lowest BCUT2D eigenvalue weighted by molar-refractivity contribution is -0.111. The van der Waals surface area contributed by atoms with E-state index in [0.29, 0.717) is 6.41 Å². The number of hydrogen-bond acceptors (Lipinski definition) is 1. The first-order chi connectivity index (χ1) is 7.08. The third kappa shape index (κ3) is 3.24. The van der Waals surface area contributed by atoms with Crippen molar-refractivity contribution in [2.45, 2.75) is 31.2 Å². The van der Waals surface area contributed by atoms with Crippen molar-refractivity contribution in [3.05, 3.63) is 35.9 Å². The van der Waals surface area contributed by atoms with Crippen LogP contribution in [0.2, 0.25) is 0 Å². The Morgan fingerprint density at radius 1 is 1.47 bits per heavy atom. The van der Waals surface area contributed by atoms with E-state index in [-0.39, 0.29) is 5.38 Å². The zero-order chi connectivity index (χ0) is 11.3. The van der Waals surface area contributed by atoms with Crippen molar-refractivity contribution < 1.29 is 4.79 Å². The predicted octanol–water partition coefficient (Wildman–Crippen LogP) is 2.36. The highest BCUT2D eigenvalue weighted by molar-refractivity contribution is 6.21. The summed E-state index contributed by atoms with van der Waals surface area (Å²) in [6.45, 7) is 3.84. The van der Waals surface area contributed by atoms with Crippen LogP contribution in [0.1, 0.15) is 19.4 Å². The van der Waals surface area contributed by atoms with Crippen LogP contribution in [0.15, 0.2) is 30.3 Å². The minimum absolute atomic E-state index is 0.122. The summed E-state index contributed by atoms with van der Waals surface area (Å²) >= 11 is 6.09. The van der Waals surface area contributed by atoms with E-state index >= 15 is 0 Å². The first-order valence-electron chi connectivity index (χ1n) is 4.98. The van der Waals surface area contributed by atoms with Crippen LogP contribution in [-0.2, 0) is 11.2 Å². The molecule has 1 aromatic carbocycles. The van der Waals surface area contributed by atoms with Gasteiger partial charge in [0.25, 0.3) is 0 Å². The second-order valence-corrected chi connectivity index (χ2v) is 4.61. The van der Waals surface area contributed by atoms with E-state index in [9.17, 15) is 4.79 Å². The molecule has 0 spiro atoms. The molecule has 1 rings (SSSR count). The van der Waals surface area contributed by atoms with E-state index in [2.05, 4.69) is 5.32 Å². The average Bonchev–Trinajstić information content (AvgIpc) is 2.19. The largest absolute Gasteiger partial charge is 0.352 e. The van der Waals surface area contributed by atoms with Gasteiger partial charge in [-0.25, -0.2) is 0 Å². The molecule has 0 radical (unpaired) electrons. The number of nitrogens with one attached hydrogen (secondary N) is 1. The van der Waals surface area contributed by atoms with Crippen molar-refractivity contribution in [3.8, 4) is 0 Å². The Morgan fingerprint density at radius 3 is 2.53 bits per heavy atom. The molecule has 3 heteroatoms. The van der Waals surface area contributed by atoms with Crippen LogP contribution in [0.4, 0.5) is 0 Å². The van der Waals surface area contributed by atoms with E-state index < -0.39 is 5.54 Å². The molecule has 0 fully saturated rings. The van der Waals surface area contributed by atoms with Gasteiger partial charge in [-0.15, -0.1) is 11.6 Å². The molecular formula is C12H16ClNO. The molecule has 0 aliphatic rings. The lowest BCUT2D eigenvalue weighted by atomic mass is 9.90. The quantitative estimate of drug-likeness (QED) is 0.605. The number of carbonyl (C=O) groups is 1. The van der Waals surface area contributed by atoms with Crippen LogP contribution < -0.4 is 5.32 Å². The fourth-order valence-electron chi connectivity index (χ4n) is 1.46. The zero-order valence-electron chi connectivity index (χ0n) is 9.03. The van der Waals surface area contributed by atoms with Gasteiger partial charge < -0.3 is 5.32 Å². The number of hydrogen-bond donors (Lipinski definition) is 1. The van der Waals surface area contributed by atoms with Crippen molar-refractivity contribution in [3.63, 3.8) is 0 Å². The third-order valence-corrected chi connectivity index (χ3v) is 3.16. The summed E-state index contributed by atoms with van der Waals surface area (Å²) in [5.41, 5.74) is 0.770. The highest BCUT2D eigenvalue weighted by Crippen LogP contribution is 2.20. The van der Waals surface area contributed by atoms with Gasteiger partial charge in [-0.05, 0) is 25.8 Å². The lowest BCUT2D eigenvalue weighted by Crippen LogP contribution is -2.49. The maximum atomic E-state index is 10.5.